The molecule has 0 unspecified atom stereocenters. The number of halogens is 1. The molecule has 1 aliphatic rings. The zero-order valence-electron chi connectivity index (χ0n) is 15.7. The van der Waals surface area contributed by atoms with Gasteiger partial charge in [0.2, 0.25) is 0 Å². The molecule has 0 atom stereocenters. The normalized spacial score (nSPS) is 15.5. The number of carbonyl (C=O) groups excluding carboxylic acids is 1. The first kappa shape index (κ1) is 19.6. The van der Waals surface area contributed by atoms with Gasteiger partial charge in [-0.15, -0.1) is 11.3 Å². The molecule has 2 aromatic rings. The van der Waals surface area contributed by atoms with Crippen molar-refractivity contribution in [1.29, 1.82) is 0 Å². The van der Waals surface area contributed by atoms with Crippen LogP contribution >= 0.6 is 27.3 Å². The topological polar surface area (TPSA) is 38.3 Å². The Morgan fingerprint density at radius 1 is 1.27 bits per heavy atom. The predicted octanol–water partition coefficient (Wildman–Crippen LogP) is 5.49. The van der Waals surface area contributed by atoms with Crippen LogP contribution in [0.25, 0.3) is 0 Å². The zero-order chi connectivity index (χ0) is 18.7. The molecule has 0 bridgehead atoms. The predicted molar refractivity (Wildman–Crippen MR) is 111 cm³/mol. The van der Waals surface area contributed by atoms with Gasteiger partial charge in [0, 0.05) is 13.2 Å². The SMILES string of the molecule is CCOCc1ccccc1CNC(=O)c1sc(Br)c2c1CCC(C)(C)C2. The van der Waals surface area contributed by atoms with Crippen molar-refractivity contribution in [2.75, 3.05) is 6.61 Å². The minimum absolute atomic E-state index is 0.0304. The van der Waals surface area contributed by atoms with Crippen LogP contribution in [0.3, 0.4) is 0 Å². The minimum Gasteiger partial charge on any atom is -0.377 e. The molecule has 1 aromatic carbocycles. The van der Waals surface area contributed by atoms with Crippen LogP contribution in [-0.4, -0.2) is 12.5 Å². The van der Waals surface area contributed by atoms with E-state index in [2.05, 4.69) is 47.2 Å². The Labute approximate surface area is 168 Å². The largest absolute Gasteiger partial charge is 0.377 e. The molecule has 0 aliphatic heterocycles. The van der Waals surface area contributed by atoms with Gasteiger partial charge in [-0.05, 0) is 69.8 Å². The lowest BCUT2D eigenvalue weighted by atomic mass is 9.75. The number of ether oxygens (including phenoxy) is 1. The van der Waals surface area contributed by atoms with Crippen molar-refractivity contribution >= 4 is 33.2 Å². The first-order chi connectivity index (χ1) is 12.4. The molecule has 1 aliphatic carbocycles. The molecular weight excluding hydrogens is 410 g/mol. The molecule has 3 nitrogen and oxygen atoms in total. The van der Waals surface area contributed by atoms with E-state index in [4.69, 9.17) is 4.74 Å². The maximum atomic E-state index is 12.8. The number of benzene rings is 1. The summed E-state index contributed by atoms with van der Waals surface area (Å²) in [5.74, 6) is 0.0304. The monoisotopic (exact) mass is 435 g/mol. The van der Waals surface area contributed by atoms with E-state index in [9.17, 15) is 4.79 Å². The van der Waals surface area contributed by atoms with Gasteiger partial charge in [0.1, 0.15) is 0 Å². The Morgan fingerprint density at radius 2 is 2.00 bits per heavy atom. The average molecular weight is 436 g/mol. The van der Waals surface area contributed by atoms with E-state index in [0.717, 1.165) is 39.1 Å². The molecule has 26 heavy (non-hydrogen) atoms. The number of amides is 1. The first-order valence-electron chi connectivity index (χ1n) is 9.14. The van der Waals surface area contributed by atoms with Crippen LogP contribution in [0.1, 0.15) is 59.1 Å². The van der Waals surface area contributed by atoms with E-state index in [-0.39, 0.29) is 5.91 Å². The van der Waals surface area contributed by atoms with Crippen molar-refractivity contribution in [3.8, 4) is 0 Å². The lowest BCUT2D eigenvalue weighted by Crippen LogP contribution is -2.26. The van der Waals surface area contributed by atoms with Crippen molar-refractivity contribution in [1.82, 2.24) is 5.32 Å². The second kappa shape index (κ2) is 8.24. The van der Waals surface area contributed by atoms with E-state index >= 15 is 0 Å². The van der Waals surface area contributed by atoms with Crippen molar-refractivity contribution < 1.29 is 9.53 Å². The highest BCUT2D eigenvalue weighted by Crippen LogP contribution is 2.43. The molecule has 1 N–H and O–H groups in total. The fraction of sp³-hybridized carbons (Fsp3) is 0.476. The average Bonchev–Trinajstić information content (AvgIpc) is 2.93. The third-order valence-electron chi connectivity index (χ3n) is 5.00. The van der Waals surface area contributed by atoms with Gasteiger partial charge in [0.25, 0.3) is 5.91 Å². The minimum atomic E-state index is 0.0304. The Balaban J connectivity index is 1.73. The molecule has 1 heterocycles. The molecule has 140 valence electrons. The molecule has 3 rings (SSSR count). The van der Waals surface area contributed by atoms with Gasteiger partial charge in [-0.3, -0.25) is 4.79 Å². The summed E-state index contributed by atoms with van der Waals surface area (Å²) in [6.45, 7) is 8.38. The molecular formula is C21H26BrNO2S. The Kier molecular flexibility index (Phi) is 6.21. The van der Waals surface area contributed by atoms with Crippen molar-refractivity contribution in [3.05, 3.63) is 55.2 Å². The van der Waals surface area contributed by atoms with Gasteiger partial charge in [-0.2, -0.15) is 0 Å². The van der Waals surface area contributed by atoms with E-state index in [1.165, 1.54) is 11.1 Å². The van der Waals surface area contributed by atoms with Crippen LogP contribution in [0.2, 0.25) is 0 Å². The summed E-state index contributed by atoms with van der Waals surface area (Å²) in [7, 11) is 0. The number of rotatable bonds is 6. The molecule has 0 saturated carbocycles. The van der Waals surface area contributed by atoms with E-state index in [1.54, 1.807) is 11.3 Å². The standard InChI is InChI=1S/C21H26BrNO2S/c1-4-25-13-15-8-6-5-7-14(15)12-23-20(24)18-16-9-10-21(2,3)11-17(16)19(22)26-18/h5-8H,4,9-13H2,1-3H3,(H,23,24). The van der Waals surface area contributed by atoms with Crippen LogP contribution in [0, 0.1) is 5.41 Å². The molecule has 1 aromatic heterocycles. The smallest absolute Gasteiger partial charge is 0.261 e. The highest BCUT2D eigenvalue weighted by atomic mass is 79.9. The summed E-state index contributed by atoms with van der Waals surface area (Å²) < 4.78 is 6.65. The third-order valence-corrected chi connectivity index (χ3v) is 7.03. The summed E-state index contributed by atoms with van der Waals surface area (Å²) in [4.78, 5) is 13.7. The Bertz CT molecular complexity index is 797. The van der Waals surface area contributed by atoms with E-state index in [0.29, 0.717) is 25.2 Å². The van der Waals surface area contributed by atoms with Gasteiger partial charge in [-0.1, -0.05) is 38.1 Å². The van der Waals surface area contributed by atoms with E-state index in [1.807, 2.05) is 19.1 Å². The van der Waals surface area contributed by atoms with Crippen LogP contribution in [-0.2, 0) is 30.7 Å². The van der Waals surface area contributed by atoms with Gasteiger partial charge in [-0.25, -0.2) is 0 Å². The Hall–Kier alpha value is -1.17. The van der Waals surface area contributed by atoms with Crippen LogP contribution in [0.5, 0.6) is 0 Å². The number of thiophene rings is 1. The number of fused-ring (bicyclic) bond motifs is 1. The third kappa shape index (κ3) is 4.38. The van der Waals surface area contributed by atoms with Gasteiger partial charge < -0.3 is 10.1 Å². The lowest BCUT2D eigenvalue weighted by molar-refractivity contribution is 0.0952. The fourth-order valence-corrected chi connectivity index (χ4v) is 5.34. The number of nitrogens with one attached hydrogen (secondary N) is 1. The second-order valence-electron chi connectivity index (χ2n) is 7.59. The highest BCUT2D eigenvalue weighted by Gasteiger charge is 2.31. The molecule has 0 radical (unpaired) electrons. The van der Waals surface area contributed by atoms with Gasteiger partial charge in [0.05, 0.1) is 15.3 Å². The zero-order valence-corrected chi connectivity index (χ0v) is 18.1. The van der Waals surface area contributed by atoms with Crippen LogP contribution in [0.4, 0.5) is 0 Å². The van der Waals surface area contributed by atoms with Crippen molar-refractivity contribution in [2.45, 2.75) is 53.2 Å². The second-order valence-corrected chi connectivity index (χ2v) is 9.93. The molecule has 1 amide bonds. The highest BCUT2D eigenvalue weighted by molar-refractivity contribution is 9.11. The fourth-order valence-electron chi connectivity index (χ4n) is 3.46. The summed E-state index contributed by atoms with van der Waals surface area (Å²) in [5, 5.41) is 3.11. The van der Waals surface area contributed by atoms with Crippen molar-refractivity contribution in [3.63, 3.8) is 0 Å². The summed E-state index contributed by atoms with van der Waals surface area (Å²) >= 11 is 5.25. The van der Waals surface area contributed by atoms with Crippen molar-refractivity contribution in [2.24, 2.45) is 5.41 Å². The van der Waals surface area contributed by atoms with E-state index < -0.39 is 0 Å². The summed E-state index contributed by atoms with van der Waals surface area (Å²) in [6, 6.07) is 8.12. The summed E-state index contributed by atoms with van der Waals surface area (Å²) in [6.07, 6.45) is 3.14. The van der Waals surface area contributed by atoms with Gasteiger partial charge >= 0.3 is 0 Å². The van der Waals surface area contributed by atoms with Crippen LogP contribution in [0.15, 0.2) is 28.1 Å². The van der Waals surface area contributed by atoms with Gasteiger partial charge in [0.15, 0.2) is 0 Å². The number of carbonyl (C=O) groups is 1. The maximum absolute atomic E-state index is 12.8. The Morgan fingerprint density at radius 3 is 2.73 bits per heavy atom. The maximum Gasteiger partial charge on any atom is 0.261 e. The number of hydrogen-bond acceptors (Lipinski definition) is 3. The molecule has 0 fully saturated rings. The first-order valence-corrected chi connectivity index (χ1v) is 10.7. The molecule has 5 heteroatoms. The quantitative estimate of drug-likeness (QED) is 0.650. The molecule has 0 spiro atoms. The number of hydrogen-bond donors (Lipinski definition) is 1. The lowest BCUT2D eigenvalue weighted by Gasteiger charge is -2.30. The van der Waals surface area contributed by atoms with Crippen LogP contribution < -0.4 is 5.32 Å². The summed E-state index contributed by atoms with van der Waals surface area (Å²) in [5.41, 5.74) is 5.11. The molecule has 0 saturated heterocycles.